The quantitative estimate of drug-likeness (QED) is 0.858. The molecule has 6 nitrogen and oxygen atoms in total. The monoisotopic (exact) mass is 382 g/mol. The van der Waals surface area contributed by atoms with Crippen molar-refractivity contribution in [3.8, 4) is 0 Å². The summed E-state index contributed by atoms with van der Waals surface area (Å²) >= 11 is 0. The fraction of sp³-hybridized carbons (Fsp3) is 0.545. The molecule has 1 aromatic carbocycles. The molecule has 0 saturated carbocycles. The maximum atomic E-state index is 11.2. The highest BCUT2D eigenvalue weighted by molar-refractivity contribution is 5.80. The van der Waals surface area contributed by atoms with E-state index in [0.717, 1.165) is 68.8 Å². The highest BCUT2D eigenvalue weighted by atomic mass is 16.4. The highest BCUT2D eigenvalue weighted by Crippen LogP contribution is 2.30. The Kier molecular flexibility index (Phi) is 5.78. The predicted octanol–water partition coefficient (Wildman–Crippen LogP) is 2.54. The average Bonchev–Trinajstić information content (AvgIpc) is 2.72. The maximum absolute atomic E-state index is 11.2. The van der Waals surface area contributed by atoms with Crippen LogP contribution < -0.4 is 4.90 Å². The first-order chi connectivity index (χ1) is 13.6. The molecule has 2 aromatic rings. The van der Waals surface area contributed by atoms with Crippen LogP contribution in [0.2, 0.25) is 0 Å². The van der Waals surface area contributed by atoms with Crippen LogP contribution in [0.1, 0.15) is 19.3 Å². The van der Waals surface area contributed by atoms with Crippen molar-refractivity contribution in [2.75, 3.05) is 51.2 Å². The summed E-state index contributed by atoms with van der Waals surface area (Å²) in [5.41, 5.74) is 1.02. The summed E-state index contributed by atoms with van der Waals surface area (Å²) in [6.45, 7) is 6.22. The Morgan fingerprint density at radius 1 is 1.11 bits per heavy atom. The van der Waals surface area contributed by atoms with Gasteiger partial charge in [0.25, 0.3) is 0 Å². The van der Waals surface area contributed by atoms with Gasteiger partial charge in [0.1, 0.15) is 5.82 Å². The minimum atomic E-state index is -0.696. The summed E-state index contributed by atoms with van der Waals surface area (Å²) < 4.78 is 0. The highest BCUT2D eigenvalue weighted by Gasteiger charge is 2.35. The molecule has 0 aliphatic carbocycles. The molecular formula is C22H30N4O2. The Morgan fingerprint density at radius 2 is 1.89 bits per heavy atom. The Bertz CT molecular complexity index is 819. The summed E-state index contributed by atoms with van der Waals surface area (Å²) in [7, 11) is 2.17. The lowest BCUT2D eigenvalue weighted by Gasteiger charge is -2.46. The molecule has 2 atom stereocenters. The van der Waals surface area contributed by atoms with E-state index in [1.165, 1.54) is 0 Å². The van der Waals surface area contributed by atoms with E-state index in [1.54, 1.807) is 0 Å². The van der Waals surface area contributed by atoms with E-state index in [4.69, 9.17) is 4.98 Å². The number of fused-ring (bicyclic) bond motifs is 1. The van der Waals surface area contributed by atoms with E-state index in [9.17, 15) is 9.90 Å². The van der Waals surface area contributed by atoms with E-state index in [1.807, 2.05) is 12.1 Å². The van der Waals surface area contributed by atoms with E-state index in [2.05, 4.69) is 46.0 Å². The lowest BCUT2D eigenvalue weighted by molar-refractivity contribution is -0.137. The third-order valence-corrected chi connectivity index (χ3v) is 6.34. The fourth-order valence-electron chi connectivity index (χ4n) is 4.69. The molecule has 0 spiro atoms. The van der Waals surface area contributed by atoms with Crippen LogP contribution in [0.3, 0.4) is 0 Å². The van der Waals surface area contributed by atoms with Gasteiger partial charge in [0, 0.05) is 57.1 Å². The van der Waals surface area contributed by atoms with Crippen LogP contribution in [-0.2, 0) is 4.79 Å². The van der Waals surface area contributed by atoms with Crippen LogP contribution in [0.5, 0.6) is 0 Å². The zero-order valence-electron chi connectivity index (χ0n) is 16.6. The van der Waals surface area contributed by atoms with Crippen molar-refractivity contribution in [1.29, 1.82) is 0 Å². The van der Waals surface area contributed by atoms with Crippen LogP contribution in [0.4, 0.5) is 5.82 Å². The van der Waals surface area contributed by atoms with Gasteiger partial charge in [-0.15, -0.1) is 0 Å². The van der Waals surface area contributed by atoms with E-state index in [0.29, 0.717) is 12.0 Å². The van der Waals surface area contributed by atoms with Crippen molar-refractivity contribution in [3.63, 3.8) is 0 Å². The molecule has 2 fully saturated rings. The maximum Gasteiger partial charge on any atom is 0.303 e. The van der Waals surface area contributed by atoms with Crippen LogP contribution in [-0.4, -0.2) is 78.2 Å². The molecule has 3 heterocycles. The molecule has 1 N–H and O–H groups in total. The molecule has 4 rings (SSSR count). The number of para-hydroxylation sites is 1. The van der Waals surface area contributed by atoms with Crippen LogP contribution >= 0.6 is 0 Å². The topological polar surface area (TPSA) is 59.9 Å². The lowest BCUT2D eigenvalue weighted by atomic mass is 9.86. The number of rotatable bonds is 5. The molecule has 6 heteroatoms. The van der Waals surface area contributed by atoms with Gasteiger partial charge in [0.05, 0.1) is 5.52 Å². The third kappa shape index (κ3) is 4.28. The SMILES string of the molecule is CN1CCN([C@@H]2CCN(c3ccc4ccccc4n3)C[C@@H]2CCC(=O)O)CC1. The molecule has 0 amide bonds. The number of likely N-dealkylation sites (N-methyl/N-ethyl adjacent to an activating group) is 1. The van der Waals surface area contributed by atoms with Gasteiger partial charge >= 0.3 is 5.97 Å². The minimum absolute atomic E-state index is 0.244. The minimum Gasteiger partial charge on any atom is -0.481 e. The average molecular weight is 383 g/mol. The van der Waals surface area contributed by atoms with Gasteiger partial charge in [-0.3, -0.25) is 9.69 Å². The zero-order valence-corrected chi connectivity index (χ0v) is 16.6. The molecule has 0 bridgehead atoms. The van der Waals surface area contributed by atoms with Crippen molar-refractivity contribution in [1.82, 2.24) is 14.8 Å². The van der Waals surface area contributed by atoms with Gasteiger partial charge in [0.2, 0.25) is 0 Å². The molecule has 2 saturated heterocycles. The number of nitrogens with zero attached hydrogens (tertiary/aromatic N) is 4. The van der Waals surface area contributed by atoms with Gasteiger partial charge in [0.15, 0.2) is 0 Å². The standard InChI is InChI=1S/C22H30N4O2/c1-24-12-14-25(15-13-24)20-10-11-26(16-18(20)7-9-22(27)28)21-8-6-17-4-2-3-5-19(17)23-21/h2-6,8,18,20H,7,9-16H2,1H3,(H,27,28)/t18-,20+/m0/s1. The number of anilines is 1. The normalized spacial score (nSPS) is 24.5. The van der Waals surface area contributed by atoms with Crippen molar-refractivity contribution in [3.05, 3.63) is 36.4 Å². The largest absolute Gasteiger partial charge is 0.481 e. The van der Waals surface area contributed by atoms with Gasteiger partial charge < -0.3 is 14.9 Å². The number of piperazine rings is 1. The first kappa shape index (κ1) is 19.2. The summed E-state index contributed by atoms with van der Waals surface area (Å²) in [6, 6.07) is 12.9. The summed E-state index contributed by atoms with van der Waals surface area (Å²) in [5, 5.41) is 10.4. The van der Waals surface area contributed by atoms with Crippen molar-refractivity contribution < 1.29 is 9.90 Å². The number of hydrogen-bond donors (Lipinski definition) is 1. The van der Waals surface area contributed by atoms with Gasteiger partial charge in [-0.1, -0.05) is 18.2 Å². The molecule has 2 aliphatic heterocycles. The molecule has 1 aromatic heterocycles. The molecule has 0 unspecified atom stereocenters. The van der Waals surface area contributed by atoms with Crippen LogP contribution in [0.15, 0.2) is 36.4 Å². The van der Waals surface area contributed by atoms with E-state index < -0.39 is 5.97 Å². The first-order valence-electron chi connectivity index (χ1n) is 10.4. The Labute approximate surface area is 166 Å². The van der Waals surface area contributed by atoms with E-state index in [-0.39, 0.29) is 6.42 Å². The number of hydrogen-bond acceptors (Lipinski definition) is 5. The predicted molar refractivity (Wildman–Crippen MR) is 112 cm³/mol. The van der Waals surface area contributed by atoms with Gasteiger partial charge in [-0.2, -0.15) is 0 Å². The summed E-state index contributed by atoms with van der Waals surface area (Å²) in [6.07, 6.45) is 2.05. The summed E-state index contributed by atoms with van der Waals surface area (Å²) in [4.78, 5) is 23.4. The van der Waals surface area contributed by atoms with Crippen molar-refractivity contribution in [2.45, 2.75) is 25.3 Å². The fourth-order valence-corrected chi connectivity index (χ4v) is 4.69. The molecule has 28 heavy (non-hydrogen) atoms. The Balaban J connectivity index is 1.50. The number of carbonyl (C=O) groups is 1. The number of aliphatic carboxylic acids is 1. The van der Waals surface area contributed by atoms with Crippen LogP contribution in [0.25, 0.3) is 10.9 Å². The smallest absolute Gasteiger partial charge is 0.303 e. The number of pyridine rings is 1. The second-order valence-corrected chi connectivity index (χ2v) is 8.20. The molecule has 150 valence electrons. The Morgan fingerprint density at radius 3 is 2.68 bits per heavy atom. The van der Waals surface area contributed by atoms with Crippen molar-refractivity contribution >= 4 is 22.7 Å². The number of carboxylic acids is 1. The second-order valence-electron chi connectivity index (χ2n) is 8.20. The third-order valence-electron chi connectivity index (χ3n) is 6.34. The number of aromatic nitrogens is 1. The van der Waals surface area contributed by atoms with Crippen LogP contribution in [0, 0.1) is 5.92 Å². The van der Waals surface area contributed by atoms with Gasteiger partial charge in [-0.25, -0.2) is 4.98 Å². The molecule has 2 aliphatic rings. The second kappa shape index (κ2) is 8.45. The first-order valence-corrected chi connectivity index (χ1v) is 10.4. The Hall–Kier alpha value is -2.18. The molecular weight excluding hydrogens is 352 g/mol. The lowest BCUT2D eigenvalue weighted by Crippen LogP contribution is -2.56. The zero-order chi connectivity index (χ0) is 19.5. The van der Waals surface area contributed by atoms with Crippen molar-refractivity contribution in [2.24, 2.45) is 5.92 Å². The number of carboxylic acid groups (broad SMARTS) is 1. The number of benzene rings is 1. The van der Waals surface area contributed by atoms with E-state index >= 15 is 0 Å². The summed E-state index contributed by atoms with van der Waals surface area (Å²) in [5.74, 6) is 0.676. The number of piperidine rings is 1. The van der Waals surface area contributed by atoms with Gasteiger partial charge in [-0.05, 0) is 44.0 Å². The molecule has 0 radical (unpaired) electrons.